The monoisotopic (exact) mass is 500 g/mol. The number of nitrogens with zero attached hydrogens (tertiary/aromatic N) is 3. The molecule has 0 amide bonds. The normalized spacial score (nSPS) is 13.0. The Kier molecular flexibility index (Phi) is 5.08. The zero-order valence-corrected chi connectivity index (χ0v) is 21.3. The Morgan fingerprint density at radius 3 is 2.62 bits per heavy atom. The molecule has 1 aliphatic rings. The average Bonchev–Trinajstić information content (AvgIpc) is 3.61. The van der Waals surface area contributed by atoms with Gasteiger partial charge in [-0.3, -0.25) is 9.67 Å². The molecule has 0 spiro atoms. The Balaban J connectivity index is 1.31. The fourth-order valence-electron chi connectivity index (χ4n) is 4.93. The van der Waals surface area contributed by atoms with Crippen LogP contribution in [0.25, 0.3) is 54.9 Å². The van der Waals surface area contributed by atoms with Crippen molar-refractivity contribution >= 4 is 55.0 Å². The van der Waals surface area contributed by atoms with E-state index in [9.17, 15) is 0 Å². The summed E-state index contributed by atoms with van der Waals surface area (Å²) in [7, 11) is 3.69. The van der Waals surface area contributed by atoms with Crippen molar-refractivity contribution in [3.05, 3.63) is 101 Å². The lowest BCUT2D eigenvalue weighted by atomic mass is 10.0. The predicted octanol–water partition coefficient (Wildman–Crippen LogP) is 7.17. The van der Waals surface area contributed by atoms with Crippen LogP contribution in [0.1, 0.15) is 16.0 Å². The quantitative estimate of drug-likeness (QED) is 0.263. The van der Waals surface area contributed by atoms with Crippen molar-refractivity contribution in [3.8, 4) is 17.0 Å². The van der Waals surface area contributed by atoms with Crippen LogP contribution < -0.4 is 10.1 Å². The number of aryl methyl sites for hydroxylation is 1. The molecule has 3 aromatic carbocycles. The molecule has 0 fully saturated rings. The molecule has 1 N–H and O–H groups in total. The van der Waals surface area contributed by atoms with Gasteiger partial charge in [-0.2, -0.15) is 5.10 Å². The maximum Gasteiger partial charge on any atom is 0.128 e. The fraction of sp³-hybridized carbons (Fsp3) is 0.0968. The van der Waals surface area contributed by atoms with E-state index >= 15 is 0 Å². The van der Waals surface area contributed by atoms with Crippen molar-refractivity contribution in [3.63, 3.8) is 0 Å². The number of fused-ring (bicyclic) bond motifs is 4. The summed E-state index contributed by atoms with van der Waals surface area (Å²) < 4.78 is 9.00. The zero-order chi connectivity index (χ0) is 24.9. The number of methoxy groups -OCH3 is 1. The van der Waals surface area contributed by atoms with E-state index in [0.717, 1.165) is 50.8 Å². The first-order chi connectivity index (χ1) is 18.2. The topological polar surface area (TPSA) is 61.9 Å². The maximum absolute atomic E-state index is 5.76. The molecule has 180 valence electrons. The smallest absolute Gasteiger partial charge is 0.128 e. The van der Waals surface area contributed by atoms with Gasteiger partial charge in [-0.15, -0.1) is 11.3 Å². The van der Waals surface area contributed by atoms with Gasteiger partial charge in [-0.1, -0.05) is 54.6 Å². The lowest BCUT2D eigenvalue weighted by Gasteiger charge is -2.09. The first kappa shape index (κ1) is 21.8. The number of aromatic nitrogens is 3. The summed E-state index contributed by atoms with van der Waals surface area (Å²) in [5.41, 5.74) is 7.33. The Morgan fingerprint density at radius 2 is 1.84 bits per heavy atom. The molecular weight excluding hydrogens is 476 g/mol. The molecule has 6 heteroatoms. The summed E-state index contributed by atoms with van der Waals surface area (Å²) in [6.07, 6.45) is 9.15. The number of pyridine rings is 1. The van der Waals surface area contributed by atoms with Gasteiger partial charge in [0.1, 0.15) is 11.4 Å². The number of thiophene rings is 1. The molecule has 7 rings (SSSR count). The second kappa shape index (κ2) is 8.61. The zero-order valence-electron chi connectivity index (χ0n) is 20.5. The van der Waals surface area contributed by atoms with E-state index in [2.05, 4.69) is 78.1 Å². The van der Waals surface area contributed by atoms with Crippen LogP contribution in [0, 0.1) is 0 Å². The van der Waals surface area contributed by atoms with Crippen LogP contribution in [0.15, 0.2) is 85.2 Å². The molecule has 3 aromatic heterocycles. The molecular formula is C31H24N4OS. The Morgan fingerprint density at radius 1 is 1.03 bits per heavy atom. The summed E-state index contributed by atoms with van der Waals surface area (Å²) in [6.45, 7) is 0. The SMILES string of the molecule is COc1cc2ncc3c(c(-c4ccc(C5=CN5)cc4)nn3C)c2cc1/C=C\Cc1cc2ccccc2s1. The first-order valence-corrected chi connectivity index (χ1v) is 13.0. The van der Waals surface area contributed by atoms with Crippen LogP contribution in [-0.4, -0.2) is 21.9 Å². The number of rotatable bonds is 6. The van der Waals surface area contributed by atoms with Gasteiger partial charge < -0.3 is 10.1 Å². The number of hydrogen-bond acceptors (Lipinski definition) is 5. The molecule has 37 heavy (non-hydrogen) atoms. The Labute approximate surface area is 218 Å². The van der Waals surface area contributed by atoms with E-state index in [0.29, 0.717) is 0 Å². The van der Waals surface area contributed by atoms with Crippen molar-refractivity contribution in [2.75, 3.05) is 7.11 Å². The predicted molar refractivity (Wildman–Crippen MR) is 154 cm³/mol. The number of ether oxygens (including phenoxy) is 1. The van der Waals surface area contributed by atoms with Crippen molar-refractivity contribution in [2.45, 2.75) is 6.42 Å². The van der Waals surface area contributed by atoms with Crippen molar-refractivity contribution in [1.29, 1.82) is 0 Å². The second-order valence-electron chi connectivity index (χ2n) is 9.24. The molecule has 1 aliphatic heterocycles. The summed E-state index contributed by atoms with van der Waals surface area (Å²) in [6, 6.07) is 23.6. The third kappa shape index (κ3) is 3.86. The van der Waals surface area contributed by atoms with Crippen molar-refractivity contribution in [1.82, 2.24) is 20.1 Å². The molecule has 0 radical (unpaired) electrons. The van der Waals surface area contributed by atoms with E-state index in [1.807, 2.05) is 41.5 Å². The average molecular weight is 501 g/mol. The van der Waals surface area contributed by atoms with Crippen LogP contribution in [-0.2, 0) is 13.5 Å². The standard InChI is InChI=1S/C31H24N4OS/c1-35-27-18-33-25-16-28(36-2)21(7-5-8-23-14-22-6-3-4-9-29(22)37-23)15-24(25)30(27)31(34-35)20-12-10-19(11-13-20)26-17-32-26/h3-7,9-18,32H,8H2,1-2H3/b7-5-. The fourth-order valence-corrected chi connectivity index (χ4v) is 5.97. The maximum atomic E-state index is 5.76. The van der Waals surface area contributed by atoms with Crippen LogP contribution >= 0.6 is 11.3 Å². The van der Waals surface area contributed by atoms with Crippen LogP contribution in [0.4, 0.5) is 0 Å². The molecule has 0 saturated carbocycles. The molecule has 0 saturated heterocycles. The number of hydrogen-bond donors (Lipinski definition) is 1. The van der Waals surface area contributed by atoms with E-state index in [4.69, 9.17) is 14.8 Å². The highest BCUT2D eigenvalue weighted by Gasteiger charge is 2.17. The van der Waals surface area contributed by atoms with E-state index in [-0.39, 0.29) is 0 Å². The van der Waals surface area contributed by atoms with Gasteiger partial charge in [0.05, 0.1) is 30.0 Å². The highest BCUT2D eigenvalue weighted by Crippen LogP contribution is 2.36. The highest BCUT2D eigenvalue weighted by atomic mass is 32.1. The molecule has 5 nitrogen and oxygen atoms in total. The van der Waals surface area contributed by atoms with Gasteiger partial charge in [0, 0.05) is 57.2 Å². The largest absolute Gasteiger partial charge is 0.496 e. The number of benzene rings is 3. The third-order valence-corrected chi connectivity index (χ3v) is 8.02. The molecule has 0 bridgehead atoms. The van der Waals surface area contributed by atoms with Gasteiger partial charge in [0.15, 0.2) is 0 Å². The summed E-state index contributed by atoms with van der Waals surface area (Å²) in [5.74, 6) is 0.812. The molecule has 6 aromatic rings. The van der Waals surface area contributed by atoms with E-state index in [1.165, 1.54) is 26.2 Å². The molecule has 4 heterocycles. The number of allylic oxidation sites excluding steroid dienone is 1. The second-order valence-corrected chi connectivity index (χ2v) is 10.4. The van der Waals surface area contributed by atoms with Crippen LogP contribution in [0.2, 0.25) is 0 Å². The summed E-state index contributed by atoms with van der Waals surface area (Å²) in [4.78, 5) is 6.09. The van der Waals surface area contributed by atoms with Gasteiger partial charge in [0.25, 0.3) is 0 Å². The van der Waals surface area contributed by atoms with Gasteiger partial charge >= 0.3 is 0 Å². The highest BCUT2D eigenvalue weighted by molar-refractivity contribution is 7.19. The lowest BCUT2D eigenvalue weighted by Crippen LogP contribution is -1.92. The summed E-state index contributed by atoms with van der Waals surface area (Å²) >= 11 is 1.84. The van der Waals surface area contributed by atoms with Crippen LogP contribution in [0.3, 0.4) is 0 Å². The molecule has 0 unspecified atom stereocenters. The van der Waals surface area contributed by atoms with Gasteiger partial charge in [0.2, 0.25) is 0 Å². The molecule has 0 atom stereocenters. The Hall–Kier alpha value is -4.42. The minimum atomic E-state index is 0.812. The number of nitrogens with one attached hydrogen (secondary N) is 1. The Bertz CT molecular complexity index is 1840. The van der Waals surface area contributed by atoms with Gasteiger partial charge in [-0.05, 0) is 29.1 Å². The van der Waals surface area contributed by atoms with Crippen molar-refractivity contribution < 1.29 is 4.74 Å². The minimum absolute atomic E-state index is 0.812. The lowest BCUT2D eigenvalue weighted by molar-refractivity contribution is 0.414. The van der Waals surface area contributed by atoms with Gasteiger partial charge in [-0.25, -0.2) is 0 Å². The van der Waals surface area contributed by atoms with E-state index < -0.39 is 0 Å². The van der Waals surface area contributed by atoms with E-state index in [1.54, 1.807) is 7.11 Å². The minimum Gasteiger partial charge on any atom is -0.496 e. The summed E-state index contributed by atoms with van der Waals surface area (Å²) in [5, 5.41) is 11.5. The molecule has 0 aliphatic carbocycles. The first-order valence-electron chi connectivity index (χ1n) is 12.2. The third-order valence-electron chi connectivity index (χ3n) is 6.89. The van der Waals surface area contributed by atoms with Crippen molar-refractivity contribution in [2.24, 2.45) is 7.05 Å². The van der Waals surface area contributed by atoms with Crippen LogP contribution in [0.5, 0.6) is 5.75 Å².